The molecular formula is C25H23F2N7OS. The molecular weight excluding hydrogens is 484 g/mol. The molecule has 0 N–H and O–H groups in total. The van der Waals surface area contributed by atoms with Gasteiger partial charge in [-0.1, -0.05) is 40.5 Å². The first-order valence-electron chi connectivity index (χ1n) is 11.5. The molecule has 1 fully saturated rings. The molecule has 0 amide bonds. The van der Waals surface area contributed by atoms with Crippen molar-refractivity contribution in [3.05, 3.63) is 76.6 Å². The van der Waals surface area contributed by atoms with Gasteiger partial charge in [0, 0.05) is 6.07 Å². The Morgan fingerprint density at radius 2 is 1.94 bits per heavy atom. The maximum atomic E-state index is 14.5. The van der Waals surface area contributed by atoms with Gasteiger partial charge in [0.25, 0.3) is 0 Å². The zero-order valence-electron chi connectivity index (χ0n) is 19.9. The summed E-state index contributed by atoms with van der Waals surface area (Å²) >= 11 is 0. The second-order valence-electron chi connectivity index (χ2n) is 9.90. The van der Waals surface area contributed by atoms with Crippen molar-refractivity contribution in [3.63, 3.8) is 0 Å². The van der Waals surface area contributed by atoms with Crippen LogP contribution in [0.15, 0.2) is 48.0 Å². The summed E-state index contributed by atoms with van der Waals surface area (Å²) in [6, 6.07) is 7.22. The van der Waals surface area contributed by atoms with Gasteiger partial charge in [-0.15, -0.1) is 15.6 Å². The van der Waals surface area contributed by atoms with Gasteiger partial charge in [0.2, 0.25) is 5.16 Å². The van der Waals surface area contributed by atoms with Gasteiger partial charge in [0.05, 0.1) is 28.6 Å². The molecule has 2 bridgehead atoms. The third-order valence-electron chi connectivity index (χ3n) is 7.81. The Morgan fingerprint density at radius 1 is 1.19 bits per heavy atom. The third-order valence-corrected chi connectivity index (χ3v) is 8.62. The first-order valence-corrected chi connectivity index (χ1v) is 13.3. The highest BCUT2D eigenvalue weighted by atomic mass is 32.2. The van der Waals surface area contributed by atoms with Crippen LogP contribution in [0.1, 0.15) is 49.6 Å². The van der Waals surface area contributed by atoms with Crippen LogP contribution in [0.5, 0.6) is 0 Å². The Hall–Kier alpha value is -3.60. The fourth-order valence-corrected chi connectivity index (χ4v) is 6.50. The number of halogens is 2. The highest BCUT2D eigenvalue weighted by Gasteiger charge is 2.66. The second-order valence-corrected chi connectivity index (χ2v) is 11.5. The van der Waals surface area contributed by atoms with Crippen molar-refractivity contribution in [3.8, 4) is 17.2 Å². The number of aromatic nitrogens is 7. The van der Waals surface area contributed by atoms with Crippen LogP contribution in [0.2, 0.25) is 0 Å². The SMILES string of the molecule is C=S(C)c1ncn(-c2nc([C@@]34CC[C@@H](c5cc(-c6c(F)cccc6F)nnc53)C4(C)C)cc[n+]2[O-])n1. The van der Waals surface area contributed by atoms with Crippen molar-refractivity contribution < 1.29 is 13.5 Å². The van der Waals surface area contributed by atoms with E-state index in [-0.39, 0.29) is 28.5 Å². The minimum Gasteiger partial charge on any atom is -0.740 e. The molecule has 36 heavy (non-hydrogen) atoms. The maximum Gasteiger partial charge on any atom is 0.424 e. The molecule has 0 aliphatic heterocycles. The molecule has 0 radical (unpaired) electrons. The van der Waals surface area contributed by atoms with Crippen LogP contribution < -0.4 is 4.73 Å². The smallest absolute Gasteiger partial charge is 0.424 e. The van der Waals surface area contributed by atoms with Gasteiger partial charge in [-0.2, -0.15) is 10.1 Å². The van der Waals surface area contributed by atoms with Crippen LogP contribution in [0.25, 0.3) is 17.2 Å². The van der Waals surface area contributed by atoms with E-state index in [1.165, 1.54) is 35.4 Å². The summed E-state index contributed by atoms with van der Waals surface area (Å²) in [4.78, 5) is 9.03. The van der Waals surface area contributed by atoms with E-state index in [0.29, 0.717) is 15.6 Å². The summed E-state index contributed by atoms with van der Waals surface area (Å²) in [7, 11) is -0.417. The van der Waals surface area contributed by atoms with E-state index in [9.17, 15) is 14.0 Å². The fourth-order valence-electron chi connectivity index (χ4n) is 6.05. The molecule has 0 spiro atoms. The van der Waals surface area contributed by atoms with E-state index in [1.807, 2.05) is 6.26 Å². The van der Waals surface area contributed by atoms with Crippen molar-refractivity contribution in [2.45, 2.75) is 43.2 Å². The average Bonchev–Trinajstić information content (AvgIpc) is 3.48. The van der Waals surface area contributed by atoms with E-state index in [0.717, 1.165) is 24.1 Å². The molecule has 2 aliphatic rings. The van der Waals surface area contributed by atoms with Gasteiger partial charge >= 0.3 is 5.95 Å². The monoisotopic (exact) mass is 507 g/mol. The highest BCUT2D eigenvalue weighted by Crippen LogP contribution is 2.69. The molecule has 4 aromatic rings. The van der Waals surface area contributed by atoms with E-state index in [4.69, 9.17) is 4.98 Å². The number of nitrogens with zero attached hydrogens (tertiary/aromatic N) is 7. The molecule has 6 rings (SSSR count). The van der Waals surface area contributed by atoms with E-state index in [2.05, 4.69) is 40.0 Å². The topological polar surface area (TPSA) is 96.3 Å². The molecule has 1 unspecified atom stereocenters. The predicted molar refractivity (Wildman–Crippen MR) is 131 cm³/mol. The lowest BCUT2D eigenvalue weighted by Gasteiger charge is -2.35. The molecule has 3 atom stereocenters. The van der Waals surface area contributed by atoms with Gasteiger partial charge in [-0.3, -0.25) is 0 Å². The normalized spacial score (nSPS) is 22.5. The Bertz CT molecular complexity index is 1550. The van der Waals surface area contributed by atoms with Crippen LogP contribution in [0.4, 0.5) is 8.78 Å². The number of fused-ring (bicyclic) bond motifs is 5. The lowest BCUT2D eigenvalue weighted by atomic mass is 9.66. The van der Waals surface area contributed by atoms with Crippen LogP contribution in [-0.2, 0) is 5.41 Å². The minimum atomic E-state index is -0.680. The molecule has 2 aliphatic carbocycles. The predicted octanol–water partition coefficient (Wildman–Crippen LogP) is 3.92. The molecule has 3 heterocycles. The van der Waals surface area contributed by atoms with Crippen molar-refractivity contribution in [2.75, 3.05) is 6.26 Å². The molecule has 3 aromatic heterocycles. The van der Waals surface area contributed by atoms with Gasteiger partial charge in [-0.25, -0.2) is 13.5 Å². The standard InChI is InChI=1S/C25H23F2N7OS/c1-24(2)15-8-10-25(24,19-9-11-34(35)23(29-19)33-13-28-22(32-33)36(3)4)21-14(15)12-18(30-31-21)20-16(26)6-5-7-17(20)27/h5-7,9,11-13,15H,3,8,10H2,1-2,4H3/t15-,25-,36?/m0/s1. The van der Waals surface area contributed by atoms with E-state index < -0.39 is 27.5 Å². The Kier molecular flexibility index (Phi) is 4.88. The summed E-state index contributed by atoms with van der Waals surface area (Å²) in [6.45, 7) is 4.29. The van der Waals surface area contributed by atoms with Crippen molar-refractivity contribution in [1.29, 1.82) is 0 Å². The molecule has 0 saturated heterocycles. The summed E-state index contributed by atoms with van der Waals surface area (Å²) in [5.41, 5.74) is 1.36. The van der Waals surface area contributed by atoms with Crippen LogP contribution >= 0.6 is 10.5 Å². The summed E-state index contributed by atoms with van der Waals surface area (Å²) < 4.78 is 31.0. The van der Waals surface area contributed by atoms with Crippen molar-refractivity contribution in [2.24, 2.45) is 5.41 Å². The number of rotatable bonds is 4. The van der Waals surface area contributed by atoms with Gasteiger partial charge in [-0.05, 0) is 54.2 Å². The first-order chi connectivity index (χ1) is 17.1. The quantitative estimate of drug-likeness (QED) is 0.236. The molecule has 11 heteroatoms. The molecule has 8 nitrogen and oxygen atoms in total. The largest absolute Gasteiger partial charge is 0.740 e. The van der Waals surface area contributed by atoms with Gasteiger partial charge < -0.3 is 5.21 Å². The fraction of sp³-hybridized carbons (Fsp3) is 0.320. The molecule has 1 aromatic carbocycles. The Balaban J connectivity index is 1.52. The number of hydrogen-bond acceptors (Lipinski definition) is 6. The first kappa shape index (κ1) is 22.8. The lowest BCUT2D eigenvalue weighted by molar-refractivity contribution is -0.603. The summed E-state index contributed by atoms with van der Waals surface area (Å²) in [5.74, 6) is 2.76. The van der Waals surface area contributed by atoms with Crippen LogP contribution in [-0.4, -0.2) is 42.1 Å². The number of hydrogen-bond donors (Lipinski definition) is 0. The molecule has 184 valence electrons. The third kappa shape index (κ3) is 2.95. The highest BCUT2D eigenvalue weighted by molar-refractivity contribution is 8.13. The summed E-state index contributed by atoms with van der Waals surface area (Å²) in [5, 5.41) is 26.4. The van der Waals surface area contributed by atoms with Gasteiger partial charge in [0.15, 0.2) is 6.33 Å². The van der Waals surface area contributed by atoms with Crippen LogP contribution in [0, 0.1) is 22.3 Å². The van der Waals surface area contributed by atoms with Crippen LogP contribution in [0.3, 0.4) is 0 Å². The van der Waals surface area contributed by atoms with Crippen molar-refractivity contribution in [1.82, 2.24) is 29.9 Å². The Labute approximate surface area is 208 Å². The maximum absolute atomic E-state index is 14.5. The Morgan fingerprint density at radius 3 is 2.64 bits per heavy atom. The lowest BCUT2D eigenvalue weighted by Crippen LogP contribution is -2.41. The van der Waals surface area contributed by atoms with Crippen molar-refractivity contribution >= 4 is 16.4 Å². The van der Waals surface area contributed by atoms with E-state index in [1.54, 1.807) is 12.1 Å². The average molecular weight is 508 g/mol. The zero-order valence-corrected chi connectivity index (χ0v) is 20.8. The summed E-state index contributed by atoms with van der Waals surface area (Å²) in [6.07, 6.45) is 6.38. The second kappa shape index (κ2) is 7.70. The zero-order chi connectivity index (χ0) is 25.4. The van der Waals surface area contributed by atoms with E-state index >= 15 is 0 Å². The van der Waals surface area contributed by atoms with Gasteiger partial charge in [0.1, 0.15) is 17.3 Å². The molecule has 1 saturated carbocycles. The minimum absolute atomic E-state index is 0.0804. The number of benzene rings is 1.